The van der Waals surface area contributed by atoms with Crippen molar-refractivity contribution in [3.63, 3.8) is 0 Å². The maximum atomic E-state index is 11.0. The highest BCUT2D eigenvalue weighted by molar-refractivity contribution is 8.00. The molecule has 0 aromatic carbocycles. The van der Waals surface area contributed by atoms with Crippen LogP contribution in [0.2, 0.25) is 0 Å². The summed E-state index contributed by atoms with van der Waals surface area (Å²) in [6.07, 6.45) is 3.76. The van der Waals surface area contributed by atoms with Crippen LogP contribution in [0.25, 0.3) is 0 Å². The van der Waals surface area contributed by atoms with Crippen LogP contribution in [0.15, 0.2) is 0 Å². The molecule has 0 unspecified atom stereocenters. The van der Waals surface area contributed by atoms with Gasteiger partial charge in [-0.2, -0.15) is 0 Å². The second-order valence-corrected chi connectivity index (χ2v) is 3.34. The Morgan fingerprint density at radius 1 is 1.30 bits per heavy atom. The summed E-state index contributed by atoms with van der Waals surface area (Å²) in [6, 6.07) is 0. The molecule has 0 atom stereocenters. The molecule has 1 aliphatic rings. The second-order valence-electron chi connectivity index (χ2n) is 2.40. The van der Waals surface area contributed by atoms with Gasteiger partial charge in [-0.25, -0.2) is 0 Å². The van der Waals surface area contributed by atoms with Crippen molar-refractivity contribution in [3.05, 3.63) is 0 Å². The van der Waals surface area contributed by atoms with Crippen LogP contribution in [0.1, 0.15) is 19.3 Å². The van der Waals surface area contributed by atoms with Crippen LogP contribution in [0.4, 0.5) is 0 Å². The van der Waals surface area contributed by atoms with Gasteiger partial charge < -0.3 is 0 Å². The lowest BCUT2D eigenvalue weighted by atomic mass is 9.98. The standard InChI is InChI=1S/C7H10O2S/c1-10-7-5(8)3-2-4-6(7)9/h7H,2-4H2,1H3. The first-order valence-electron chi connectivity index (χ1n) is 3.34. The molecular formula is C7H10O2S. The van der Waals surface area contributed by atoms with Crippen molar-refractivity contribution >= 4 is 23.3 Å². The van der Waals surface area contributed by atoms with E-state index in [1.807, 2.05) is 6.26 Å². The number of ketones is 2. The highest BCUT2D eigenvalue weighted by atomic mass is 32.2. The van der Waals surface area contributed by atoms with E-state index in [1.165, 1.54) is 11.8 Å². The van der Waals surface area contributed by atoms with Crippen molar-refractivity contribution in [2.24, 2.45) is 0 Å². The van der Waals surface area contributed by atoms with Gasteiger partial charge in [0.1, 0.15) is 5.25 Å². The maximum Gasteiger partial charge on any atom is 0.153 e. The molecule has 0 N–H and O–H groups in total. The molecule has 1 aliphatic carbocycles. The molecule has 0 aromatic rings. The minimum atomic E-state index is -0.339. The number of hydrogen-bond acceptors (Lipinski definition) is 3. The molecule has 0 aromatic heterocycles. The largest absolute Gasteiger partial charge is 0.298 e. The normalized spacial score (nSPS) is 21.7. The van der Waals surface area contributed by atoms with Gasteiger partial charge in [0.25, 0.3) is 0 Å². The smallest absolute Gasteiger partial charge is 0.153 e. The van der Waals surface area contributed by atoms with Gasteiger partial charge in [-0.15, -0.1) is 11.8 Å². The molecule has 10 heavy (non-hydrogen) atoms. The monoisotopic (exact) mass is 158 g/mol. The fraction of sp³-hybridized carbons (Fsp3) is 0.714. The number of carbonyl (C=O) groups excluding carboxylic acids is 2. The molecular weight excluding hydrogens is 148 g/mol. The molecule has 0 heterocycles. The third kappa shape index (κ3) is 1.40. The number of hydrogen-bond donors (Lipinski definition) is 0. The summed E-state index contributed by atoms with van der Waals surface area (Å²) in [6.45, 7) is 0. The van der Waals surface area contributed by atoms with Gasteiger partial charge in [-0.3, -0.25) is 9.59 Å². The highest BCUT2D eigenvalue weighted by Crippen LogP contribution is 2.20. The number of Topliss-reactive ketones (excluding diaryl/α,β-unsaturated/α-hetero) is 2. The van der Waals surface area contributed by atoms with Crippen molar-refractivity contribution in [1.29, 1.82) is 0 Å². The molecule has 2 nitrogen and oxygen atoms in total. The van der Waals surface area contributed by atoms with Crippen LogP contribution < -0.4 is 0 Å². The van der Waals surface area contributed by atoms with Gasteiger partial charge >= 0.3 is 0 Å². The topological polar surface area (TPSA) is 34.1 Å². The molecule has 1 rings (SSSR count). The van der Waals surface area contributed by atoms with Crippen molar-refractivity contribution < 1.29 is 9.59 Å². The third-order valence-corrected chi connectivity index (χ3v) is 2.66. The Balaban J connectivity index is 2.62. The van der Waals surface area contributed by atoms with E-state index in [0.717, 1.165) is 6.42 Å². The van der Waals surface area contributed by atoms with Gasteiger partial charge in [0.15, 0.2) is 11.6 Å². The zero-order valence-corrected chi connectivity index (χ0v) is 6.74. The molecule has 1 saturated carbocycles. The molecule has 56 valence electrons. The van der Waals surface area contributed by atoms with Gasteiger partial charge in [0, 0.05) is 12.8 Å². The van der Waals surface area contributed by atoms with Crippen LogP contribution in [-0.4, -0.2) is 23.1 Å². The van der Waals surface area contributed by atoms with E-state index in [2.05, 4.69) is 0 Å². The van der Waals surface area contributed by atoms with Crippen LogP contribution in [0.3, 0.4) is 0 Å². The van der Waals surface area contributed by atoms with Crippen molar-refractivity contribution in [2.75, 3.05) is 6.26 Å². The molecule has 0 radical (unpaired) electrons. The van der Waals surface area contributed by atoms with Crippen LogP contribution in [0.5, 0.6) is 0 Å². The first-order chi connectivity index (χ1) is 4.75. The average molecular weight is 158 g/mol. The lowest BCUT2D eigenvalue weighted by Gasteiger charge is -2.16. The minimum absolute atomic E-state index is 0.115. The quantitative estimate of drug-likeness (QED) is 0.535. The molecule has 0 saturated heterocycles. The Morgan fingerprint density at radius 3 is 2.10 bits per heavy atom. The summed E-state index contributed by atoms with van der Waals surface area (Å²) >= 11 is 1.36. The molecule has 0 spiro atoms. The average Bonchev–Trinajstić information content (AvgIpc) is 1.88. The number of thioether (sulfide) groups is 1. The number of rotatable bonds is 1. The Kier molecular flexibility index (Phi) is 2.49. The van der Waals surface area contributed by atoms with E-state index in [1.54, 1.807) is 0 Å². The van der Waals surface area contributed by atoms with Crippen molar-refractivity contribution in [2.45, 2.75) is 24.5 Å². The van der Waals surface area contributed by atoms with Crippen molar-refractivity contribution in [1.82, 2.24) is 0 Å². The van der Waals surface area contributed by atoms with Gasteiger partial charge in [0.05, 0.1) is 0 Å². The van der Waals surface area contributed by atoms with E-state index in [-0.39, 0.29) is 16.8 Å². The van der Waals surface area contributed by atoms with Gasteiger partial charge in [-0.05, 0) is 12.7 Å². The molecule has 0 bridgehead atoms. The van der Waals surface area contributed by atoms with E-state index >= 15 is 0 Å². The zero-order valence-electron chi connectivity index (χ0n) is 5.92. The Bertz CT molecular complexity index is 149. The lowest BCUT2D eigenvalue weighted by Crippen LogP contribution is -2.30. The van der Waals surface area contributed by atoms with Gasteiger partial charge in [0.2, 0.25) is 0 Å². The maximum absolute atomic E-state index is 11.0. The fourth-order valence-electron chi connectivity index (χ4n) is 1.14. The Morgan fingerprint density at radius 2 is 1.80 bits per heavy atom. The first kappa shape index (κ1) is 7.79. The first-order valence-corrected chi connectivity index (χ1v) is 4.62. The summed E-state index contributed by atoms with van der Waals surface area (Å²) in [4.78, 5) is 22.0. The van der Waals surface area contributed by atoms with E-state index in [9.17, 15) is 9.59 Å². The molecule has 0 amide bonds. The predicted molar refractivity (Wildman–Crippen MR) is 41.2 cm³/mol. The molecule has 0 aliphatic heterocycles. The molecule has 3 heteroatoms. The summed E-state index contributed by atoms with van der Waals surface area (Å²) in [5.74, 6) is 0.229. The van der Waals surface area contributed by atoms with Crippen molar-refractivity contribution in [3.8, 4) is 0 Å². The number of carbonyl (C=O) groups is 2. The van der Waals surface area contributed by atoms with E-state index in [4.69, 9.17) is 0 Å². The SMILES string of the molecule is CSC1C(=O)CCCC1=O. The highest BCUT2D eigenvalue weighted by Gasteiger charge is 2.28. The van der Waals surface area contributed by atoms with E-state index < -0.39 is 0 Å². The minimum Gasteiger partial charge on any atom is -0.298 e. The summed E-state index contributed by atoms with van der Waals surface area (Å²) < 4.78 is 0. The second kappa shape index (κ2) is 3.19. The van der Waals surface area contributed by atoms with E-state index in [0.29, 0.717) is 12.8 Å². The summed E-state index contributed by atoms with van der Waals surface area (Å²) in [7, 11) is 0. The Hall–Kier alpha value is -0.310. The summed E-state index contributed by atoms with van der Waals surface area (Å²) in [5.41, 5.74) is 0. The fourth-order valence-corrected chi connectivity index (χ4v) is 1.90. The van der Waals surface area contributed by atoms with Gasteiger partial charge in [-0.1, -0.05) is 0 Å². The van der Waals surface area contributed by atoms with Crippen LogP contribution in [0, 0.1) is 0 Å². The van der Waals surface area contributed by atoms with Crippen LogP contribution >= 0.6 is 11.8 Å². The summed E-state index contributed by atoms with van der Waals surface area (Å²) in [5, 5.41) is -0.339. The third-order valence-electron chi connectivity index (χ3n) is 1.67. The molecule has 1 fully saturated rings. The van der Waals surface area contributed by atoms with Crippen LogP contribution in [-0.2, 0) is 9.59 Å². The zero-order chi connectivity index (χ0) is 7.56. The Labute approximate surface area is 64.4 Å². The predicted octanol–water partition coefficient (Wildman–Crippen LogP) is 1.04. The lowest BCUT2D eigenvalue weighted by molar-refractivity contribution is -0.128.